The number of fused-ring (bicyclic) bond motifs is 1. The summed E-state index contributed by atoms with van der Waals surface area (Å²) in [5.41, 5.74) is 8.08. The van der Waals surface area contributed by atoms with Crippen molar-refractivity contribution in [3.8, 4) is 11.3 Å². The van der Waals surface area contributed by atoms with E-state index in [1.54, 1.807) is 19.9 Å². The molecule has 3 N–H and O–H groups in total. The number of halogens is 4. The number of carbonyl (C=O) groups excluding carboxylic acids is 2. The number of alkyl halides is 3. The van der Waals surface area contributed by atoms with E-state index in [4.69, 9.17) is 5.73 Å². The molecule has 1 unspecified atom stereocenters. The highest BCUT2D eigenvalue weighted by Gasteiger charge is 2.51. The van der Waals surface area contributed by atoms with E-state index in [0.29, 0.717) is 22.3 Å². The lowest BCUT2D eigenvalue weighted by Crippen LogP contribution is -2.47. The molecular formula is C24H24F4N6O2. The molecule has 190 valence electrons. The molecule has 1 aliphatic heterocycles. The molecular weight excluding hydrogens is 480 g/mol. The van der Waals surface area contributed by atoms with Crippen LogP contribution in [0.2, 0.25) is 0 Å². The largest absolute Gasteiger partial charge is 0.382 e. The maximum Gasteiger partial charge on any atom is 0.251 e. The number of carbonyl (C=O) groups is 2. The molecule has 2 atom stereocenters. The number of anilines is 1. The highest BCUT2D eigenvalue weighted by molar-refractivity contribution is 5.97. The van der Waals surface area contributed by atoms with Crippen LogP contribution in [-0.4, -0.2) is 62.5 Å². The third kappa shape index (κ3) is 4.03. The Balaban J connectivity index is 1.37. The monoisotopic (exact) mass is 504 g/mol. The van der Waals surface area contributed by atoms with Crippen molar-refractivity contribution in [2.75, 3.05) is 18.8 Å². The van der Waals surface area contributed by atoms with Gasteiger partial charge in [0.05, 0.1) is 18.3 Å². The van der Waals surface area contributed by atoms with Crippen molar-refractivity contribution in [2.45, 2.75) is 44.8 Å². The van der Waals surface area contributed by atoms with Crippen LogP contribution in [0.15, 0.2) is 24.5 Å². The zero-order valence-corrected chi connectivity index (χ0v) is 19.6. The number of nitrogens with zero attached hydrogens (tertiary/aromatic N) is 4. The minimum absolute atomic E-state index is 0.0953. The SMILES string of the molecule is Cc1cc(F)c(-c2cc(C)c3c(N)ncnn23)cc1C(=O)NC1CN(C(=O)C2CC(F)(F)C2)C[C@@H]1F. The summed E-state index contributed by atoms with van der Waals surface area (Å²) in [4.78, 5) is 30.7. The first-order valence-corrected chi connectivity index (χ1v) is 11.5. The van der Waals surface area contributed by atoms with Gasteiger partial charge in [-0.25, -0.2) is 27.1 Å². The molecule has 2 amide bonds. The third-order valence-corrected chi connectivity index (χ3v) is 6.92. The average Bonchev–Trinajstić information content (AvgIpc) is 3.32. The van der Waals surface area contributed by atoms with Gasteiger partial charge in [-0.3, -0.25) is 9.59 Å². The van der Waals surface area contributed by atoms with E-state index >= 15 is 4.39 Å². The number of hydrogen-bond donors (Lipinski definition) is 2. The minimum atomic E-state index is -2.86. The van der Waals surface area contributed by atoms with Crippen molar-refractivity contribution in [3.05, 3.63) is 47.0 Å². The van der Waals surface area contributed by atoms with Gasteiger partial charge in [0.25, 0.3) is 5.91 Å². The van der Waals surface area contributed by atoms with E-state index in [1.807, 2.05) is 0 Å². The first-order chi connectivity index (χ1) is 16.9. The number of nitrogen functional groups attached to an aromatic ring is 1. The first-order valence-electron chi connectivity index (χ1n) is 11.5. The summed E-state index contributed by atoms with van der Waals surface area (Å²) in [5.74, 6) is -5.22. The number of amides is 2. The zero-order valence-electron chi connectivity index (χ0n) is 19.6. The highest BCUT2D eigenvalue weighted by Crippen LogP contribution is 2.43. The van der Waals surface area contributed by atoms with Gasteiger partial charge in [-0.1, -0.05) is 0 Å². The molecule has 1 saturated carbocycles. The lowest BCUT2D eigenvalue weighted by atomic mass is 9.80. The molecule has 1 aliphatic carbocycles. The smallest absolute Gasteiger partial charge is 0.251 e. The van der Waals surface area contributed by atoms with E-state index in [2.05, 4.69) is 15.4 Å². The minimum Gasteiger partial charge on any atom is -0.382 e. The molecule has 3 heterocycles. The lowest BCUT2D eigenvalue weighted by Gasteiger charge is -2.36. The van der Waals surface area contributed by atoms with E-state index in [1.165, 1.54) is 27.9 Å². The van der Waals surface area contributed by atoms with Gasteiger partial charge in [-0.2, -0.15) is 5.10 Å². The summed E-state index contributed by atoms with van der Waals surface area (Å²) >= 11 is 0. The van der Waals surface area contributed by atoms with Gasteiger partial charge in [-0.05, 0) is 43.2 Å². The van der Waals surface area contributed by atoms with E-state index in [9.17, 15) is 22.8 Å². The second kappa shape index (κ2) is 8.45. The lowest BCUT2D eigenvalue weighted by molar-refractivity contribution is -0.159. The third-order valence-electron chi connectivity index (χ3n) is 6.92. The summed E-state index contributed by atoms with van der Waals surface area (Å²) in [6.07, 6.45) is -1.41. The zero-order chi connectivity index (χ0) is 25.9. The molecule has 2 aromatic heterocycles. The quantitative estimate of drug-likeness (QED) is 0.532. The van der Waals surface area contributed by atoms with E-state index in [0.717, 1.165) is 0 Å². The summed E-state index contributed by atoms with van der Waals surface area (Å²) in [5, 5.41) is 6.74. The van der Waals surface area contributed by atoms with Gasteiger partial charge >= 0.3 is 0 Å². The summed E-state index contributed by atoms with van der Waals surface area (Å²) in [7, 11) is 0. The van der Waals surface area contributed by atoms with Crippen LogP contribution in [0.4, 0.5) is 23.4 Å². The van der Waals surface area contributed by atoms with Gasteiger partial charge in [0.1, 0.15) is 23.8 Å². The molecule has 36 heavy (non-hydrogen) atoms. The summed E-state index contributed by atoms with van der Waals surface area (Å²) in [6, 6.07) is 3.23. The molecule has 3 aromatic rings. The second-order valence-electron chi connectivity index (χ2n) is 9.57. The molecule has 0 bridgehead atoms. The molecule has 0 radical (unpaired) electrons. The molecule has 1 saturated heterocycles. The predicted octanol–water partition coefficient (Wildman–Crippen LogP) is 3.06. The van der Waals surface area contributed by atoms with Crippen LogP contribution >= 0.6 is 0 Å². The Morgan fingerprint density at radius 3 is 2.56 bits per heavy atom. The van der Waals surface area contributed by atoms with Crippen molar-refractivity contribution in [1.82, 2.24) is 24.8 Å². The van der Waals surface area contributed by atoms with Crippen LogP contribution in [0, 0.1) is 25.6 Å². The van der Waals surface area contributed by atoms with Crippen molar-refractivity contribution in [2.24, 2.45) is 5.92 Å². The Hall–Kier alpha value is -3.70. The molecule has 2 fully saturated rings. The normalized spacial score (nSPS) is 21.6. The van der Waals surface area contributed by atoms with Crippen LogP contribution in [0.1, 0.15) is 34.3 Å². The summed E-state index contributed by atoms with van der Waals surface area (Å²) in [6.45, 7) is 2.92. The van der Waals surface area contributed by atoms with Crippen molar-refractivity contribution < 1.29 is 27.2 Å². The number of rotatable bonds is 4. The van der Waals surface area contributed by atoms with Crippen molar-refractivity contribution >= 4 is 23.1 Å². The molecule has 8 nitrogen and oxygen atoms in total. The molecule has 1 aromatic carbocycles. The summed E-state index contributed by atoms with van der Waals surface area (Å²) < 4.78 is 57.4. The van der Waals surface area contributed by atoms with Gasteiger partial charge in [0.2, 0.25) is 11.8 Å². The van der Waals surface area contributed by atoms with Gasteiger partial charge in [0, 0.05) is 36.4 Å². The van der Waals surface area contributed by atoms with E-state index < -0.39 is 54.5 Å². The highest BCUT2D eigenvalue weighted by atomic mass is 19.3. The Kier molecular flexibility index (Phi) is 5.64. The standard InChI is InChI=1S/C24H24F4N6O2/c1-11-3-16(25)15(19-4-12(2)20-21(29)30-10-31-34(19)20)5-14(11)22(35)32-18-9-33(8-17(18)26)23(36)13-6-24(27,28)7-13/h3-5,10,13,17-18H,6-9H2,1-2H3,(H,32,35)(H2,29,30,31)/t17-,18?/m0/s1. The first kappa shape index (κ1) is 24.0. The Bertz CT molecular complexity index is 1380. The fraction of sp³-hybridized carbons (Fsp3) is 0.417. The van der Waals surface area contributed by atoms with Gasteiger partial charge < -0.3 is 16.0 Å². The fourth-order valence-corrected chi connectivity index (χ4v) is 4.98. The average molecular weight is 504 g/mol. The number of aryl methyl sites for hydroxylation is 2. The number of nitrogens with two attached hydrogens (primary N) is 1. The van der Waals surface area contributed by atoms with Crippen LogP contribution in [0.25, 0.3) is 16.8 Å². The Labute approximate surface area is 203 Å². The molecule has 2 aliphatic rings. The fourth-order valence-electron chi connectivity index (χ4n) is 4.98. The number of likely N-dealkylation sites (tertiary alicyclic amines) is 1. The number of benzene rings is 1. The van der Waals surface area contributed by atoms with Crippen LogP contribution in [-0.2, 0) is 4.79 Å². The number of hydrogen-bond acceptors (Lipinski definition) is 5. The van der Waals surface area contributed by atoms with Crippen LogP contribution in [0.5, 0.6) is 0 Å². The predicted molar refractivity (Wildman–Crippen MR) is 123 cm³/mol. The maximum absolute atomic E-state index is 15.0. The number of nitrogens with one attached hydrogen (secondary N) is 1. The van der Waals surface area contributed by atoms with Crippen LogP contribution < -0.4 is 11.1 Å². The van der Waals surface area contributed by atoms with E-state index in [-0.39, 0.29) is 30.0 Å². The van der Waals surface area contributed by atoms with Crippen molar-refractivity contribution in [1.29, 1.82) is 0 Å². The topological polar surface area (TPSA) is 106 Å². The number of aromatic nitrogens is 3. The van der Waals surface area contributed by atoms with Crippen molar-refractivity contribution in [3.63, 3.8) is 0 Å². The second-order valence-corrected chi connectivity index (χ2v) is 9.57. The molecule has 5 rings (SSSR count). The maximum atomic E-state index is 15.0. The Morgan fingerprint density at radius 2 is 1.86 bits per heavy atom. The van der Waals surface area contributed by atoms with Gasteiger partial charge in [-0.15, -0.1) is 0 Å². The van der Waals surface area contributed by atoms with Gasteiger partial charge in [0.15, 0.2) is 5.82 Å². The van der Waals surface area contributed by atoms with Crippen LogP contribution in [0.3, 0.4) is 0 Å². The Morgan fingerprint density at radius 1 is 1.14 bits per heavy atom. The molecule has 12 heteroatoms. The molecule has 0 spiro atoms.